The molecule has 13 heteroatoms. The van der Waals surface area contributed by atoms with Crippen LogP contribution < -0.4 is 27.0 Å². The molecule has 1 aromatic carbocycles. The van der Waals surface area contributed by atoms with Crippen LogP contribution in [0.2, 0.25) is 5.02 Å². The summed E-state index contributed by atoms with van der Waals surface area (Å²) in [5.74, 6) is -1.79. The molecular formula is C28H22ClF2N9O. The lowest BCUT2D eigenvalue weighted by Crippen LogP contribution is -2.44. The second-order valence-corrected chi connectivity index (χ2v) is 10.2. The molecule has 1 unspecified atom stereocenters. The standard InChI is InChI=1S/C28H22ClF2N9O/c1-28(4-2-3-15(10-28)27-33-5-6-41-27)25(22-14-36-40-39-22)38-17-7-19-23(37-18-9-21(30)26(31)35-13-18)16(11-32)12-34-24(19)20(29)8-17/h2-9,12-14,25,36,38-40H,10H2,1H3,(H,34,37)/t25-,28?/m1/s1. The van der Waals surface area contributed by atoms with Gasteiger partial charge in [0.1, 0.15) is 12.3 Å². The van der Waals surface area contributed by atoms with E-state index in [0.717, 1.165) is 23.5 Å². The van der Waals surface area contributed by atoms with Crippen molar-refractivity contribution in [1.82, 2.24) is 31.3 Å². The van der Waals surface area contributed by atoms with Gasteiger partial charge in [-0.1, -0.05) is 36.8 Å². The molecular weight excluding hydrogens is 552 g/mol. The van der Waals surface area contributed by atoms with Crippen LogP contribution in [0.1, 0.15) is 24.8 Å². The van der Waals surface area contributed by atoms with E-state index in [9.17, 15) is 14.0 Å². The van der Waals surface area contributed by atoms with E-state index >= 15 is 0 Å². The molecule has 1 aliphatic carbocycles. The highest BCUT2D eigenvalue weighted by Gasteiger charge is 2.38. The fourth-order valence-electron chi connectivity index (χ4n) is 5.01. The van der Waals surface area contributed by atoms with E-state index in [-0.39, 0.29) is 17.3 Å². The van der Waals surface area contributed by atoms with E-state index in [0.29, 0.717) is 39.6 Å². The molecule has 0 spiro atoms. The normalized spacial score (nSPS) is 18.6. The number of rotatable bonds is 7. The molecule has 0 radical (unpaired) electrons. The Balaban J connectivity index is 1.41. The van der Waals surface area contributed by atoms with Crippen LogP contribution in [-0.2, 0) is 0 Å². The monoisotopic (exact) mass is 573 g/mol. The van der Waals surface area contributed by atoms with Crippen LogP contribution in [-0.4, -0.2) is 21.0 Å². The highest BCUT2D eigenvalue weighted by Crippen LogP contribution is 2.42. The van der Waals surface area contributed by atoms with Crippen molar-refractivity contribution in [1.29, 1.82) is 5.26 Å². The number of fused-ring (bicyclic) bond motifs is 1. The van der Waals surface area contributed by atoms with Gasteiger partial charge in [0.25, 0.3) is 0 Å². The molecule has 0 saturated heterocycles. The van der Waals surface area contributed by atoms with Gasteiger partial charge in [-0.05, 0) is 18.6 Å². The first-order chi connectivity index (χ1) is 19.8. The summed E-state index contributed by atoms with van der Waals surface area (Å²) < 4.78 is 32.9. The van der Waals surface area contributed by atoms with Crippen molar-refractivity contribution >= 4 is 45.1 Å². The summed E-state index contributed by atoms with van der Waals surface area (Å²) in [5.41, 5.74) is 12.0. The number of oxazole rings is 1. The van der Waals surface area contributed by atoms with E-state index < -0.39 is 17.2 Å². The number of hydrogen-bond donors (Lipinski definition) is 5. The quantitative estimate of drug-likeness (QED) is 0.182. The van der Waals surface area contributed by atoms with Gasteiger partial charge < -0.3 is 25.9 Å². The van der Waals surface area contributed by atoms with Crippen molar-refractivity contribution in [3.8, 4) is 6.07 Å². The van der Waals surface area contributed by atoms with Crippen molar-refractivity contribution in [3.05, 3.63) is 101 Å². The number of hydrazine groups is 2. The summed E-state index contributed by atoms with van der Waals surface area (Å²) in [7, 11) is 0. The van der Waals surface area contributed by atoms with Gasteiger partial charge in [0, 0.05) is 40.5 Å². The largest absolute Gasteiger partial charge is 0.445 e. The van der Waals surface area contributed by atoms with Crippen LogP contribution in [0.15, 0.2) is 77.6 Å². The van der Waals surface area contributed by atoms with E-state index in [1.54, 1.807) is 24.6 Å². The second-order valence-electron chi connectivity index (χ2n) is 9.78. The molecule has 6 rings (SSSR count). The summed E-state index contributed by atoms with van der Waals surface area (Å²) in [6.45, 7) is 2.11. The molecule has 3 aromatic heterocycles. The first-order valence-electron chi connectivity index (χ1n) is 12.5. The molecule has 4 aromatic rings. The highest BCUT2D eigenvalue weighted by atomic mass is 35.5. The van der Waals surface area contributed by atoms with E-state index in [1.165, 1.54) is 6.20 Å². The lowest BCUT2D eigenvalue weighted by Gasteiger charge is -2.38. The Hall–Kier alpha value is -4.99. The number of aromatic nitrogens is 3. The first-order valence-corrected chi connectivity index (χ1v) is 12.8. The van der Waals surface area contributed by atoms with E-state index in [2.05, 4.69) is 61.0 Å². The van der Waals surface area contributed by atoms with E-state index in [4.69, 9.17) is 16.0 Å². The Bertz CT molecular complexity index is 1780. The molecule has 1 aliphatic heterocycles. The van der Waals surface area contributed by atoms with E-state index in [1.807, 2.05) is 18.4 Å². The minimum absolute atomic E-state index is 0.156. The summed E-state index contributed by atoms with van der Waals surface area (Å²) in [4.78, 5) is 12.1. The average Bonchev–Trinajstić information content (AvgIpc) is 3.69. The van der Waals surface area contributed by atoms with Crippen molar-refractivity contribution in [2.75, 3.05) is 10.6 Å². The number of allylic oxidation sites excluding steroid dienone is 3. The minimum atomic E-state index is -1.22. The fraction of sp³-hybridized carbons (Fsp3) is 0.143. The zero-order valence-corrected chi connectivity index (χ0v) is 22.2. The van der Waals surface area contributed by atoms with Crippen molar-refractivity contribution in [3.63, 3.8) is 0 Å². The number of halogens is 3. The molecule has 4 heterocycles. The Labute approximate surface area is 237 Å². The van der Waals surface area contributed by atoms with Gasteiger partial charge >= 0.3 is 0 Å². The van der Waals surface area contributed by atoms with Crippen molar-refractivity contribution in [2.45, 2.75) is 19.4 Å². The fourth-order valence-corrected chi connectivity index (χ4v) is 5.28. The zero-order chi connectivity index (χ0) is 28.6. The average molecular weight is 574 g/mol. The Morgan fingerprint density at radius 1 is 1.17 bits per heavy atom. The van der Waals surface area contributed by atoms with Gasteiger partial charge in [0.2, 0.25) is 11.8 Å². The van der Waals surface area contributed by atoms with Crippen LogP contribution in [0.3, 0.4) is 0 Å². The maximum atomic E-state index is 13.9. The van der Waals surface area contributed by atoms with Crippen LogP contribution in [0.4, 0.5) is 25.8 Å². The predicted octanol–water partition coefficient (Wildman–Crippen LogP) is 5.45. The highest BCUT2D eigenvalue weighted by molar-refractivity contribution is 6.36. The second kappa shape index (κ2) is 10.5. The smallest absolute Gasteiger partial charge is 0.249 e. The summed E-state index contributed by atoms with van der Waals surface area (Å²) in [6, 6.07) is 6.29. The first kappa shape index (κ1) is 26.2. The number of nitrogens with zero attached hydrogens (tertiary/aromatic N) is 4. The van der Waals surface area contributed by atoms with Gasteiger partial charge in [-0.3, -0.25) is 4.98 Å². The zero-order valence-electron chi connectivity index (χ0n) is 21.5. The molecule has 10 nitrogen and oxygen atoms in total. The van der Waals surface area contributed by atoms with Crippen molar-refractivity contribution < 1.29 is 13.2 Å². The molecule has 0 fully saturated rings. The topological polar surface area (TPSA) is 136 Å². The third-order valence-corrected chi connectivity index (χ3v) is 7.24. The summed E-state index contributed by atoms with van der Waals surface area (Å²) >= 11 is 6.70. The van der Waals surface area contributed by atoms with Gasteiger partial charge in [-0.15, -0.1) is 0 Å². The Morgan fingerprint density at radius 2 is 2.05 bits per heavy atom. The molecule has 41 heavy (non-hydrogen) atoms. The Kier molecular flexibility index (Phi) is 6.74. The third-order valence-electron chi connectivity index (χ3n) is 6.95. The summed E-state index contributed by atoms with van der Waals surface area (Å²) in [6.07, 6.45) is 14.1. The van der Waals surface area contributed by atoms with Crippen molar-refractivity contribution in [2.24, 2.45) is 5.41 Å². The number of anilines is 3. The van der Waals surface area contributed by atoms with Gasteiger partial charge in [-0.2, -0.15) is 15.2 Å². The number of nitriles is 1. The van der Waals surface area contributed by atoms with Crippen LogP contribution in [0.25, 0.3) is 16.5 Å². The van der Waals surface area contributed by atoms with Gasteiger partial charge in [0.05, 0.1) is 51.6 Å². The van der Waals surface area contributed by atoms with Crippen LogP contribution in [0, 0.1) is 28.5 Å². The van der Waals surface area contributed by atoms with Gasteiger partial charge in [-0.25, -0.2) is 14.4 Å². The number of pyridine rings is 2. The maximum Gasteiger partial charge on any atom is 0.249 e. The maximum absolute atomic E-state index is 13.9. The Morgan fingerprint density at radius 3 is 2.78 bits per heavy atom. The molecule has 2 atom stereocenters. The molecule has 5 N–H and O–H groups in total. The molecule has 0 bridgehead atoms. The number of benzene rings is 1. The minimum Gasteiger partial charge on any atom is -0.445 e. The number of nitrogens with one attached hydrogen (secondary N) is 5. The lowest BCUT2D eigenvalue weighted by atomic mass is 9.73. The van der Waals surface area contributed by atoms with Crippen LogP contribution in [0.5, 0.6) is 0 Å². The van der Waals surface area contributed by atoms with Gasteiger partial charge in [0.15, 0.2) is 5.82 Å². The number of hydrogen-bond acceptors (Lipinski definition) is 10. The third kappa shape index (κ3) is 5.04. The molecule has 2 aliphatic rings. The molecule has 0 amide bonds. The molecule has 0 saturated carbocycles. The summed E-state index contributed by atoms with van der Waals surface area (Å²) in [5, 5.41) is 17.2. The predicted molar refractivity (Wildman–Crippen MR) is 150 cm³/mol. The lowest BCUT2D eigenvalue weighted by molar-refractivity contribution is 0.375. The van der Waals surface area contributed by atoms with Crippen LogP contribution >= 0.6 is 11.6 Å². The molecule has 206 valence electrons. The SMILES string of the molecule is CC1([C@H](Nc2cc(Cl)c3ncc(C#N)c(Nc4cnc(F)c(F)c4)c3c2)C2=CNNN2)C=CC=C(c2ncco2)C1.